The molecule has 0 fully saturated rings. The molecule has 0 aliphatic rings. The summed E-state index contributed by atoms with van der Waals surface area (Å²) in [6, 6.07) is 20.7. The monoisotopic (exact) mass is 418 g/mol. The number of hydrazine groups is 1. The van der Waals surface area contributed by atoms with Crippen LogP contribution in [0, 0.1) is 12.7 Å². The summed E-state index contributed by atoms with van der Waals surface area (Å²) in [4.78, 5) is 24.7. The summed E-state index contributed by atoms with van der Waals surface area (Å²) in [5, 5.41) is 0.504. The van der Waals surface area contributed by atoms with Gasteiger partial charge in [-0.05, 0) is 42.8 Å². The highest BCUT2D eigenvalue weighted by molar-refractivity contribution is 6.01. The number of nitrogens with one attached hydrogen (secondary N) is 2. The average Bonchev–Trinajstić information content (AvgIpc) is 3.15. The summed E-state index contributed by atoms with van der Waals surface area (Å²) >= 11 is 0. The Hall–Kier alpha value is -4.13. The molecule has 0 spiro atoms. The van der Waals surface area contributed by atoms with Gasteiger partial charge in [-0.3, -0.25) is 20.4 Å². The first kappa shape index (κ1) is 20.2. The first-order chi connectivity index (χ1) is 15.0. The number of amides is 2. The molecular formula is C24H19FN2O4. The molecule has 0 aliphatic heterocycles. The molecule has 0 saturated heterocycles. The predicted octanol–water partition coefficient (Wildman–Crippen LogP) is 4.53. The van der Waals surface area contributed by atoms with E-state index < -0.39 is 17.6 Å². The molecule has 4 rings (SSSR count). The fourth-order valence-corrected chi connectivity index (χ4v) is 3.10. The van der Waals surface area contributed by atoms with Crippen LogP contribution in [-0.4, -0.2) is 11.8 Å². The van der Waals surface area contributed by atoms with E-state index >= 15 is 0 Å². The summed E-state index contributed by atoms with van der Waals surface area (Å²) in [7, 11) is 0. The molecule has 6 nitrogen and oxygen atoms in total. The van der Waals surface area contributed by atoms with Gasteiger partial charge in [0.15, 0.2) is 17.2 Å². The molecule has 1 heterocycles. The molecule has 2 amide bonds. The van der Waals surface area contributed by atoms with Crippen LogP contribution in [0.15, 0.2) is 77.2 Å². The molecule has 0 unspecified atom stereocenters. The van der Waals surface area contributed by atoms with Gasteiger partial charge in [0, 0.05) is 16.5 Å². The summed E-state index contributed by atoms with van der Waals surface area (Å²) in [5.41, 5.74) is 6.38. The Labute approximate surface area is 177 Å². The minimum atomic E-state index is -0.672. The number of para-hydroxylation sites is 2. The minimum absolute atomic E-state index is 0.00443. The van der Waals surface area contributed by atoms with Crippen LogP contribution in [0.3, 0.4) is 0 Å². The van der Waals surface area contributed by atoms with Crippen molar-refractivity contribution in [1.82, 2.24) is 10.9 Å². The Balaban J connectivity index is 1.36. The van der Waals surface area contributed by atoms with Crippen LogP contribution < -0.4 is 15.6 Å². The van der Waals surface area contributed by atoms with Crippen molar-refractivity contribution in [2.45, 2.75) is 13.5 Å². The third-order valence-electron chi connectivity index (χ3n) is 4.78. The smallest absolute Gasteiger partial charge is 0.305 e. The first-order valence-electron chi connectivity index (χ1n) is 9.58. The van der Waals surface area contributed by atoms with Gasteiger partial charge >= 0.3 is 5.91 Å². The van der Waals surface area contributed by atoms with Gasteiger partial charge in [-0.1, -0.05) is 42.5 Å². The van der Waals surface area contributed by atoms with Crippen LogP contribution >= 0.6 is 0 Å². The maximum absolute atomic E-state index is 13.9. The van der Waals surface area contributed by atoms with Crippen LogP contribution in [-0.2, 0) is 6.61 Å². The molecule has 4 aromatic rings. The molecule has 2 N–H and O–H groups in total. The second kappa shape index (κ2) is 8.71. The molecule has 0 bridgehead atoms. The van der Waals surface area contributed by atoms with E-state index in [1.165, 1.54) is 12.1 Å². The SMILES string of the molecule is Cc1c(C(=O)NNC(=O)c2ccc(COc3ccccc3)cc2)oc2c(F)cccc12. The largest absolute Gasteiger partial charge is 0.489 e. The van der Waals surface area contributed by atoms with Crippen LogP contribution in [0.25, 0.3) is 11.0 Å². The minimum Gasteiger partial charge on any atom is -0.489 e. The van der Waals surface area contributed by atoms with Gasteiger partial charge < -0.3 is 9.15 Å². The second-order valence-electron chi connectivity index (χ2n) is 6.88. The quantitative estimate of drug-likeness (QED) is 0.467. The van der Waals surface area contributed by atoms with E-state index in [0.717, 1.165) is 11.3 Å². The number of hydrogen-bond acceptors (Lipinski definition) is 4. The van der Waals surface area contributed by atoms with Crippen LogP contribution in [0.5, 0.6) is 5.75 Å². The summed E-state index contributed by atoms with van der Waals surface area (Å²) in [5.74, 6) is -1.03. The molecule has 1 aromatic heterocycles. The topological polar surface area (TPSA) is 80.6 Å². The van der Waals surface area contributed by atoms with Crippen molar-refractivity contribution < 1.29 is 23.1 Å². The Morgan fingerprint density at radius 2 is 1.61 bits per heavy atom. The number of aryl methyl sites for hydroxylation is 1. The van der Waals surface area contributed by atoms with E-state index in [4.69, 9.17) is 9.15 Å². The van der Waals surface area contributed by atoms with Gasteiger partial charge in [0.25, 0.3) is 5.91 Å². The zero-order chi connectivity index (χ0) is 21.8. The number of furan rings is 1. The van der Waals surface area contributed by atoms with Crippen molar-refractivity contribution in [2.75, 3.05) is 0 Å². The van der Waals surface area contributed by atoms with E-state index in [0.29, 0.717) is 23.1 Å². The van der Waals surface area contributed by atoms with E-state index in [1.807, 2.05) is 30.3 Å². The predicted molar refractivity (Wildman–Crippen MR) is 113 cm³/mol. The van der Waals surface area contributed by atoms with Crippen molar-refractivity contribution >= 4 is 22.8 Å². The molecule has 0 atom stereocenters. The van der Waals surface area contributed by atoms with Gasteiger partial charge in [0.05, 0.1) is 0 Å². The Bertz CT molecular complexity index is 1230. The zero-order valence-electron chi connectivity index (χ0n) is 16.6. The third-order valence-corrected chi connectivity index (χ3v) is 4.78. The number of fused-ring (bicyclic) bond motifs is 1. The van der Waals surface area contributed by atoms with Gasteiger partial charge in [-0.2, -0.15) is 0 Å². The summed E-state index contributed by atoms with van der Waals surface area (Å²) < 4.78 is 24.9. The highest BCUT2D eigenvalue weighted by Gasteiger charge is 2.20. The van der Waals surface area contributed by atoms with E-state index in [2.05, 4.69) is 10.9 Å². The maximum atomic E-state index is 13.9. The molecule has 7 heteroatoms. The van der Waals surface area contributed by atoms with Crippen molar-refractivity contribution in [1.29, 1.82) is 0 Å². The number of carbonyl (C=O) groups is 2. The van der Waals surface area contributed by atoms with Crippen LogP contribution in [0.2, 0.25) is 0 Å². The molecule has 0 aliphatic carbocycles. The normalized spacial score (nSPS) is 10.6. The van der Waals surface area contributed by atoms with Crippen molar-refractivity contribution in [2.24, 2.45) is 0 Å². The molecule has 156 valence electrons. The Kier molecular flexibility index (Phi) is 5.66. The standard InChI is InChI=1S/C24H19FN2O4/c1-15-19-8-5-9-20(25)22(19)31-21(15)24(29)27-26-23(28)17-12-10-16(11-13-17)14-30-18-6-3-2-4-7-18/h2-13H,14H2,1H3,(H,26,28)(H,27,29). The highest BCUT2D eigenvalue weighted by atomic mass is 19.1. The Morgan fingerprint density at radius 3 is 2.32 bits per heavy atom. The molecule has 31 heavy (non-hydrogen) atoms. The lowest BCUT2D eigenvalue weighted by atomic mass is 10.1. The number of rotatable bonds is 5. The molecule has 3 aromatic carbocycles. The number of hydrogen-bond donors (Lipinski definition) is 2. The van der Waals surface area contributed by atoms with E-state index in [1.54, 1.807) is 37.3 Å². The number of benzene rings is 3. The van der Waals surface area contributed by atoms with Gasteiger partial charge in [0.2, 0.25) is 0 Å². The van der Waals surface area contributed by atoms with Crippen molar-refractivity contribution in [3.05, 3.63) is 101 Å². The maximum Gasteiger partial charge on any atom is 0.305 e. The fourth-order valence-electron chi connectivity index (χ4n) is 3.10. The molecule has 0 radical (unpaired) electrons. The number of carbonyl (C=O) groups excluding carboxylic acids is 2. The second-order valence-corrected chi connectivity index (χ2v) is 6.88. The van der Waals surface area contributed by atoms with E-state index in [9.17, 15) is 14.0 Å². The van der Waals surface area contributed by atoms with Gasteiger partial charge in [0.1, 0.15) is 12.4 Å². The van der Waals surface area contributed by atoms with Crippen LogP contribution in [0.4, 0.5) is 4.39 Å². The van der Waals surface area contributed by atoms with Gasteiger partial charge in [-0.15, -0.1) is 0 Å². The average molecular weight is 418 g/mol. The zero-order valence-corrected chi connectivity index (χ0v) is 16.6. The summed E-state index contributed by atoms with van der Waals surface area (Å²) in [6.45, 7) is 2.02. The lowest BCUT2D eigenvalue weighted by Crippen LogP contribution is -2.41. The number of ether oxygens (including phenoxy) is 1. The third kappa shape index (κ3) is 4.40. The molecular weight excluding hydrogens is 399 g/mol. The Morgan fingerprint density at radius 1 is 0.903 bits per heavy atom. The lowest BCUT2D eigenvalue weighted by molar-refractivity contribution is 0.0831. The van der Waals surface area contributed by atoms with Gasteiger partial charge in [-0.25, -0.2) is 4.39 Å². The van der Waals surface area contributed by atoms with Crippen molar-refractivity contribution in [3.63, 3.8) is 0 Å². The number of halogens is 1. The van der Waals surface area contributed by atoms with Crippen molar-refractivity contribution in [3.8, 4) is 5.75 Å². The lowest BCUT2D eigenvalue weighted by Gasteiger charge is -2.08. The summed E-state index contributed by atoms with van der Waals surface area (Å²) in [6.07, 6.45) is 0. The first-order valence-corrected chi connectivity index (χ1v) is 9.58. The highest BCUT2D eigenvalue weighted by Crippen LogP contribution is 2.27. The van der Waals surface area contributed by atoms with E-state index in [-0.39, 0.29) is 11.3 Å². The molecule has 0 saturated carbocycles. The van der Waals surface area contributed by atoms with Crippen LogP contribution in [0.1, 0.15) is 32.0 Å². The fraction of sp³-hybridized carbons (Fsp3) is 0.0833.